The van der Waals surface area contributed by atoms with E-state index in [1.807, 2.05) is 12.1 Å². The summed E-state index contributed by atoms with van der Waals surface area (Å²) in [5, 5.41) is 10.9. The molecule has 9 aromatic carbocycles. The molecule has 0 amide bonds. The van der Waals surface area contributed by atoms with E-state index in [1.54, 1.807) is 0 Å². The highest BCUT2D eigenvalue weighted by atomic mass is 16.3. The third-order valence-corrected chi connectivity index (χ3v) is 11.0. The van der Waals surface area contributed by atoms with Crippen LogP contribution in [0.5, 0.6) is 0 Å². The monoisotopic (exact) mass is 702 g/mol. The van der Waals surface area contributed by atoms with Gasteiger partial charge in [-0.3, -0.25) is 0 Å². The maximum atomic E-state index is 6.28. The summed E-state index contributed by atoms with van der Waals surface area (Å²) in [6.07, 6.45) is 0. The molecule has 0 saturated carbocycles. The molecule has 2 aromatic heterocycles. The van der Waals surface area contributed by atoms with Crippen LogP contribution in [-0.4, -0.2) is 4.57 Å². The number of nitrogens with one attached hydrogen (secondary N) is 1. The summed E-state index contributed by atoms with van der Waals surface area (Å²) in [7, 11) is 0. The highest BCUT2D eigenvalue weighted by Crippen LogP contribution is 2.40. The highest BCUT2D eigenvalue weighted by Gasteiger charge is 2.15. The lowest BCUT2D eigenvalue weighted by molar-refractivity contribution is 0.669. The minimum absolute atomic E-state index is 0.888. The molecule has 0 aliphatic rings. The maximum Gasteiger partial charge on any atom is 0.138 e. The maximum absolute atomic E-state index is 6.28. The average Bonchev–Trinajstić information content (AvgIpc) is 3.80. The molecule has 0 atom stereocenters. The summed E-state index contributed by atoms with van der Waals surface area (Å²) < 4.78 is 8.64. The molecule has 11 rings (SSSR count). The predicted octanol–water partition coefficient (Wildman–Crippen LogP) is 14.6. The van der Waals surface area contributed by atoms with Crippen molar-refractivity contribution in [2.45, 2.75) is 0 Å². The van der Waals surface area contributed by atoms with E-state index in [9.17, 15) is 0 Å². The molecule has 0 aliphatic heterocycles. The standard InChI is InChI=1S/C52H34N2O/c1-2-10-41(11-3-1)54-48-16-8-6-13-43(48)46-32-39(28-31-49(46)54)38-24-22-35(23-25-38)34-18-20-36(21-19-34)37-26-29-40(30-27-37)53-47-33-51-52(44-14-5-4-12-42(44)47)45-15-7-9-17-50(45)55-51/h1-33,53H. The summed E-state index contributed by atoms with van der Waals surface area (Å²) in [6, 6.07) is 71.5. The summed E-state index contributed by atoms with van der Waals surface area (Å²) in [5.41, 5.74) is 14.6. The molecule has 0 unspecified atom stereocenters. The molecule has 0 aliphatic carbocycles. The van der Waals surface area contributed by atoms with E-state index in [0.29, 0.717) is 0 Å². The normalized spacial score (nSPS) is 11.6. The van der Waals surface area contributed by atoms with E-state index in [0.717, 1.165) is 33.3 Å². The van der Waals surface area contributed by atoms with Gasteiger partial charge in [0.15, 0.2) is 0 Å². The van der Waals surface area contributed by atoms with Crippen molar-refractivity contribution in [2.24, 2.45) is 0 Å². The van der Waals surface area contributed by atoms with Gasteiger partial charge in [-0.1, -0.05) is 146 Å². The molecule has 55 heavy (non-hydrogen) atoms. The van der Waals surface area contributed by atoms with Gasteiger partial charge >= 0.3 is 0 Å². The third kappa shape index (κ3) is 5.28. The van der Waals surface area contributed by atoms with Gasteiger partial charge in [-0.15, -0.1) is 0 Å². The van der Waals surface area contributed by atoms with Gasteiger partial charge < -0.3 is 14.3 Å². The first-order valence-electron chi connectivity index (χ1n) is 18.8. The van der Waals surface area contributed by atoms with E-state index >= 15 is 0 Å². The zero-order valence-electron chi connectivity index (χ0n) is 29.9. The zero-order valence-corrected chi connectivity index (χ0v) is 29.9. The van der Waals surface area contributed by atoms with Crippen LogP contribution in [0.3, 0.4) is 0 Å². The number of rotatable bonds is 6. The van der Waals surface area contributed by atoms with E-state index in [-0.39, 0.29) is 0 Å². The van der Waals surface area contributed by atoms with Crippen LogP contribution in [0.4, 0.5) is 11.4 Å². The first-order valence-corrected chi connectivity index (χ1v) is 18.8. The number of anilines is 2. The molecule has 0 spiro atoms. The Balaban J connectivity index is 0.839. The molecule has 1 N–H and O–H groups in total. The quantitative estimate of drug-likeness (QED) is 0.187. The fourth-order valence-electron chi connectivity index (χ4n) is 8.31. The van der Waals surface area contributed by atoms with Crippen LogP contribution in [0.2, 0.25) is 0 Å². The topological polar surface area (TPSA) is 30.1 Å². The van der Waals surface area contributed by atoms with Crippen LogP contribution < -0.4 is 5.32 Å². The van der Waals surface area contributed by atoms with Crippen molar-refractivity contribution in [2.75, 3.05) is 5.32 Å². The molecule has 11 aromatic rings. The number of benzene rings is 9. The second-order valence-corrected chi connectivity index (χ2v) is 14.2. The van der Waals surface area contributed by atoms with Crippen molar-refractivity contribution in [3.8, 4) is 39.1 Å². The van der Waals surface area contributed by atoms with Crippen LogP contribution >= 0.6 is 0 Å². The molecule has 3 heteroatoms. The Labute approximate surface area is 318 Å². The van der Waals surface area contributed by atoms with Crippen molar-refractivity contribution in [1.82, 2.24) is 4.57 Å². The number of furan rings is 1. The summed E-state index contributed by atoms with van der Waals surface area (Å²) in [6.45, 7) is 0. The lowest BCUT2D eigenvalue weighted by atomic mass is 9.97. The molecule has 0 radical (unpaired) electrons. The third-order valence-electron chi connectivity index (χ3n) is 11.0. The fraction of sp³-hybridized carbons (Fsp3) is 0. The van der Waals surface area contributed by atoms with E-state index < -0.39 is 0 Å². The molecule has 2 heterocycles. The van der Waals surface area contributed by atoms with Gasteiger partial charge in [0.05, 0.1) is 16.7 Å². The summed E-state index contributed by atoms with van der Waals surface area (Å²) in [4.78, 5) is 0. The molecule has 0 bridgehead atoms. The lowest BCUT2D eigenvalue weighted by Crippen LogP contribution is -1.92. The minimum atomic E-state index is 0.888. The average molecular weight is 703 g/mol. The zero-order chi connectivity index (χ0) is 36.3. The van der Waals surface area contributed by atoms with Gasteiger partial charge in [0.1, 0.15) is 11.2 Å². The van der Waals surface area contributed by atoms with Crippen molar-refractivity contribution >= 4 is 65.9 Å². The molecular formula is C52H34N2O. The number of para-hydroxylation sites is 3. The molecule has 3 nitrogen and oxygen atoms in total. The fourth-order valence-corrected chi connectivity index (χ4v) is 8.31. The molecule has 0 saturated heterocycles. The van der Waals surface area contributed by atoms with Crippen LogP contribution in [0, 0.1) is 0 Å². The number of aromatic nitrogens is 1. The second-order valence-electron chi connectivity index (χ2n) is 14.2. The van der Waals surface area contributed by atoms with Crippen LogP contribution in [0.1, 0.15) is 0 Å². The Bertz CT molecular complexity index is 3190. The number of hydrogen-bond donors (Lipinski definition) is 1. The van der Waals surface area contributed by atoms with Gasteiger partial charge in [0.25, 0.3) is 0 Å². The smallest absolute Gasteiger partial charge is 0.138 e. The Morgan fingerprint density at radius 2 is 0.855 bits per heavy atom. The Hall–Kier alpha value is -7.36. The van der Waals surface area contributed by atoms with E-state index in [2.05, 4.69) is 198 Å². The SMILES string of the molecule is c1ccc(-n2c3ccccc3c3cc(-c4ccc(-c5ccc(-c6ccc(Nc7cc8oc9ccccc9c8c8ccccc78)cc6)cc5)cc4)ccc32)cc1. The van der Waals surface area contributed by atoms with Gasteiger partial charge in [-0.05, 0) is 87.3 Å². The minimum Gasteiger partial charge on any atom is -0.456 e. The Morgan fingerprint density at radius 1 is 0.345 bits per heavy atom. The Kier molecular flexibility index (Phi) is 7.17. The largest absolute Gasteiger partial charge is 0.456 e. The number of nitrogens with zero attached hydrogens (tertiary/aromatic N) is 1. The van der Waals surface area contributed by atoms with Crippen molar-refractivity contribution in [3.05, 3.63) is 200 Å². The molecular weight excluding hydrogens is 669 g/mol. The lowest BCUT2D eigenvalue weighted by Gasteiger charge is -2.12. The first-order chi connectivity index (χ1) is 27.2. The van der Waals surface area contributed by atoms with Crippen LogP contribution in [0.25, 0.3) is 93.6 Å². The van der Waals surface area contributed by atoms with E-state index in [1.165, 1.54) is 71.6 Å². The van der Waals surface area contributed by atoms with Gasteiger partial charge in [-0.2, -0.15) is 0 Å². The van der Waals surface area contributed by atoms with Gasteiger partial charge in [0.2, 0.25) is 0 Å². The van der Waals surface area contributed by atoms with Crippen molar-refractivity contribution in [1.29, 1.82) is 0 Å². The van der Waals surface area contributed by atoms with Crippen molar-refractivity contribution in [3.63, 3.8) is 0 Å². The van der Waals surface area contributed by atoms with Gasteiger partial charge in [0, 0.05) is 44.4 Å². The molecule has 258 valence electrons. The van der Waals surface area contributed by atoms with Crippen LogP contribution in [0.15, 0.2) is 205 Å². The summed E-state index contributed by atoms with van der Waals surface area (Å²) in [5.74, 6) is 0. The predicted molar refractivity (Wildman–Crippen MR) is 232 cm³/mol. The van der Waals surface area contributed by atoms with E-state index in [4.69, 9.17) is 4.42 Å². The first kappa shape index (κ1) is 31.2. The summed E-state index contributed by atoms with van der Waals surface area (Å²) >= 11 is 0. The number of fused-ring (bicyclic) bond motifs is 8. The number of hydrogen-bond acceptors (Lipinski definition) is 2. The van der Waals surface area contributed by atoms with Crippen LogP contribution in [-0.2, 0) is 0 Å². The second kappa shape index (κ2) is 12.6. The highest BCUT2D eigenvalue weighted by molar-refractivity contribution is 6.22. The molecule has 0 fully saturated rings. The van der Waals surface area contributed by atoms with Gasteiger partial charge in [-0.25, -0.2) is 0 Å². The Morgan fingerprint density at radius 3 is 1.55 bits per heavy atom. The van der Waals surface area contributed by atoms with Crippen molar-refractivity contribution < 1.29 is 4.42 Å².